The number of hydrogen-bond donors (Lipinski definition) is 0. The summed E-state index contributed by atoms with van der Waals surface area (Å²) in [5.41, 5.74) is -0.159. The molecule has 0 aromatic rings. The molecule has 0 amide bonds. The lowest BCUT2D eigenvalue weighted by Crippen LogP contribution is -2.46. The summed E-state index contributed by atoms with van der Waals surface area (Å²) < 4.78 is 18.6. The predicted octanol–water partition coefficient (Wildman–Crippen LogP) is 5.19. The Hall–Kier alpha value is -1.68. The molecule has 4 aliphatic rings. The highest BCUT2D eigenvalue weighted by Crippen LogP contribution is 2.46. The van der Waals surface area contributed by atoms with Crippen molar-refractivity contribution in [3.05, 3.63) is 72.9 Å². The van der Waals surface area contributed by atoms with Crippen LogP contribution in [0.15, 0.2) is 72.9 Å². The SMILES string of the molecule is CC=CC1(C)C=CC=CC1C(OC(C1CO1)C1C=CC=CC1(C)C=CC)C1CO1. The van der Waals surface area contributed by atoms with Crippen LogP contribution in [0.4, 0.5) is 0 Å². The first kappa shape index (κ1) is 20.6. The second-order valence-electron chi connectivity index (χ2n) is 9.08. The average molecular weight is 395 g/mol. The van der Waals surface area contributed by atoms with E-state index in [0.717, 1.165) is 13.2 Å². The van der Waals surface area contributed by atoms with Crippen molar-refractivity contribution in [2.24, 2.45) is 22.7 Å². The molecule has 3 nitrogen and oxygen atoms in total. The summed E-state index contributed by atoms with van der Waals surface area (Å²) in [5.74, 6) is 0.460. The second kappa shape index (κ2) is 8.22. The van der Waals surface area contributed by atoms with Gasteiger partial charge in [0.1, 0.15) is 12.2 Å². The smallest absolute Gasteiger partial charge is 0.108 e. The number of epoxide rings is 2. The minimum atomic E-state index is -0.0794. The Kier molecular flexibility index (Phi) is 5.83. The second-order valence-corrected chi connectivity index (χ2v) is 9.08. The lowest BCUT2D eigenvalue weighted by Gasteiger charge is -2.42. The Morgan fingerprint density at radius 2 is 1.21 bits per heavy atom. The molecule has 2 aliphatic carbocycles. The van der Waals surface area contributed by atoms with Gasteiger partial charge in [-0.3, -0.25) is 0 Å². The molecule has 0 saturated carbocycles. The van der Waals surface area contributed by atoms with Gasteiger partial charge in [0.15, 0.2) is 0 Å². The van der Waals surface area contributed by atoms with Crippen LogP contribution in [-0.4, -0.2) is 37.6 Å². The van der Waals surface area contributed by atoms with E-state index in [1.807, 2.05) is 0 Å². The fourth-order valence-electron chi connectivity index (χ4n) is 4.99. The number of ether oxygens (including phenoxy) is 3. The van der Waals surface area contributed by atoms with E-state index in [4.69, 9.17) is 14.2 Å². The molecule has 0 N–H and O–H groups in total. The van der Waals surface area contributed by atoms with E-state index in [1.54, 1.807) is 0 Å². The van der Waals surface area contributed by atoms with Crippen molar-refractivity contribution < 1.29 is 14.2 Å². The van der Waals surface area contributed by atoms with Crippen LogP contribution in [0.1, 0.15) is 27.7 Å². The molecule has 0 aromatic heterocycles. The molecule has 0 bridgehead atoms. The summed E-state index contributed by atoms with van der Waals surface area (Å²) in [7, 11) is 0. The zero-order valence-corrected chi connectivity index (χ0v) is 18.0. The van der Waals surface area contributed by atoms with Gasteiger partial charge in [-0.05, 0) is 13.8 Å². The molecule has 2 aliphatic heterocycles. The molecule has 156 valence electrons. The topological polar surface area (TPSA) is 34.3 Å². The van der Waals surface area contributed by atoms with Gasteiger partial charge in [0.05, 0.1) is 25.4 Å². The zero-order valence-electron chi connectivity index (χ0n) is 18.0. The molecular formula is C26H34O3. The van der Waals surface area contributed by atoms with Gasteiger partial charge in [-0.2, -0.15) is 0 Å². The first-order valence-corrected chi connectivity index (χ1v) is 10.9. The predicted molar refractivity (Wildman–Crippen MR) is 118 cm³/mol. The van der Waals surface area contributed by atoms with Crippen molar-refractivity contribution >= 4 is 0 Å². The van der Waals surface area contributed by atoms with Crippen LogP contribution < -0.4 is 0 Å². The fraction of sp³-hybridized carbons (Fsp3) is 0.538. The monoisotopic (exact) mass is 394 g/mol. The van der Waals surface area contributed by atoms with Gasteiger partial charge in [0, 0.05) is 22.7 Å². The normalized spacial score (nSPS) is 42.6. The summed E-state index contributed by atoms with van der Waals surface area (Å²) in [6.07, 6.45) is 26.9. The molecular weight excluding hydrogens is 360 g/mol. The third kappa shape index (κ3) is 4.28. The van der Waals surface area contributed by atoms with E-state index in [9.17, 15) is 0 Å². The van der Waals surface area contributed by atoms with Crippen molar-refractivity contribution in [3.8, 4) is 0 Å². The Labute approximate surface area is 175 Å². The molecule has 2 fully saturated rings. The van der Waals surface area contributed by atoms with E-state index in [1.165, 1.54) is 0 Å². The van der Waals surface area contributed by atoms with Gasteiger partial charge >= 0.3 is 0 Å². The zero-order chi connectivity index (χ0) is 20.5. The third-order valence-electron chi connectivity index (χ3n) is 6.73. The van der Waals surface area contributed by atoms with Crippen molar-refractivity contribution in [3.63, 3.8) is 0 Å². The first-order valence-electron chi connectivity index (χ1n) is 10.9. The summed E-state index contributed by atoms with van der Waals surface area (Å²) in [6, 6.07) is 0. The quantitative estimate of drug-likeness (QED) is 0.420. The number of rotatable bonds is 8. The van der Waals surface area contributed by atoms with E-state index in [-0.39, 0.29) is 47.1 Å². The summed E-state index contributed by atoms with van der Waals surface area (Å²) in [6.45, 7) is 10.3. The molecule has 3 heteroatoms. The van der Waals surface area contributed by atoms with Gasteiger partial charge in [-0.1, -0.05) is 86.8 Å². The molecule has 4 rings (SSSR count). The molecule has 0 aromatic carbocycles. The number of hydrogen-bond acceptors (Lipinski definition) is 3. The fourth-order valence-corrected chi connectivity index (χ4v) is 4.99. The summed E-state index contributed by atoms with van der Waals surface area (Å²) >= 11 is 0. The molecule has 2 saturated heterocycles. The first-order chi connectivity index (χ1) is 14.0. The Morgan fingerprint density at radius 1 is 0.793 bits per heavy atom. The Morgan fingerprint density at radius 3 is 1.55 bits per heavy atom. The highest BCUT2D eigenvalue weighted by molar-refractivity contribution is 5.28. The van der Waals surface area contributed by atoms with Gasteiger partial charge in [0.2, 0.25) is 0 Å². The lowest BCUT2D eigenvalue weighted by molar-refractivity contribution is -0.0951. The van der Waals surface area contributed by atoms with Gasteiger partial charge in [-0.25, -0.2) is 0 Å². The van der Waals surface area contributed by atoms with Crippen LogP contribution in [0.2, 0.25) is 0 Å². The Bertz CT molecular complexity index is 701. The van der Waals surface area contributed by atoms with E-state index < -0.39 is 0 Å². The highest BCUT2D eigenvalue weighted by Gasteiger charge is 2.51. The average Bonchev–Trinajstić information content (AvgIpc) is 3.58. The van der Waals surface area contributed by atoms with Crippen LogP contribution in [-0.2, 0) is 14.2 Å². The summed E-state index contributed by atoms with van der Waals surface area (Å²) in [4.78, 5) is 0. The molecule has 0 spiro atoms. The van der Waals surface area contributed by atoms with E-state index >= 15 is 0 Å². The highest BCUT2D eigenvalue weighted by atomic mass is 16.6. The van der Waals surface area contributed by atoms with Gasteiger partial charge in [0.25, 0.3) is 0 Å². The van der Waals surface area contributed by atoms with Crippen molar-refractivity contribution in [1.29, 1.82) is 0 Å². The van der Waals surface area contributed by atoms with Crippen molar-refractivity contribution in [2.75, 3.05) is 13.2 Å². The van der Waals surface area contributed by atoms with Crippen molar-refractivity contribution in [2.45, 2.75) is 52.1 Å². The van der Waals surface area contributed by atoms with Gasteiger partial charge < -0.3 is 14.2 Å². The minimum absolute atomic E-state index is 0.000706. The molecule has 8 atom stereocenters. The van der Waals surface area contributed by atoms with Crippen LogP contribution in [0.25, 0.3) is 0 Å². The van der Waals surface area contributed by atoms with Crippen LogP contribution in [0.5, 0.6) is 0 Å². The molecule has 8 unspecified atom stereocenters. The minimum Gasteiger partial charge on any atom is -0.370 e. The maximum Gasteiger partial charge on any atom is 0.108 e. The van der Waals surface area contributed by atoms with Gasteiger partial charge in [-0.15, -0.1) is 0 Å². The third-order valence-corrected chi connectivity index (χ3v) is 6.73. The van der Waals surface area contributed by atoms with Crippen LogP contribution >= 0.6 is 0 Å². The molecule has 2 heterocycles. The maximum atomic E-state index is 6.97. The molecule has 0 radical (unpaired) electrons. The van der Waals surface area contributed by atoms with E-state index in [2.05, 4.69) is 101 Å². The Balaban J connectivity index is 1.63. The largest absolute Gasteiger partial charge is 0.370 e. The summed E-state index contributed by atoms with van der Waals surface area (Å²) in [5, 5.41) is 0. The van der Waals surface area contributed by atoms with Crippen LogP contribution in [0.3, 0.4) is 0 Å². The van der Waals surface area contributed by atoms with Crippen LogP contribution in [0, 0.1) is 22.7 Å². The number of allylic oxidation sites excluding steroid dienone is 10. The van der Waals surface area contributed by atoms with E-state index in [0.29, 0.717) is 0 Å². The lowest BCUT2D eigenvalue weighted by atomic mass is 9.69. The molecule has 29 heavy (non-hydrogen) atoms. The standard InChI is InChI=1S/C26H34O3/c1-5-13-25(3)15-9-7-11-19(25)23(21-17-27-21)29-24(22-18-28-22)20-12-8-10-16-26(20,4)14-6-2/h5-16,19-24H,17-18H2,1-4H3. The van der Waals surface area contributed by atoms with Crippen molar-refractivity contribution in [1.82, 2.24) is 0 Å². The maximum absolute atomic E-state index is 6.97.